The van der Waals surface area contributed by atoms with Gasteiger partial charge < -0.3 is 9.88 Å². The highest BCUT2D eigenvalue weighted by molar-refractivity contribution is 5.75. The van der Waals surface area contributed by atoms with Gasteiger partial charge in [0.1, 0.15) is 5.82 Å². The number of benzene rings is 1. The summed E-state index contributed by atoms with van der Waals surface area (Å²) in [6.07, 6.45) is 2.38. The fraction of sp³-hybridized carbons (Fsp3) is 0.500. The van der Waals surface area contributed by atoms with Crippen LogP contribution in [0.15, 0.2) is 24.3 Å². The Morgan fingerprint density at radius 1 is 1.35 bits per heavy atom. The maximum Gasteiger partial charge on any atom is 0.106 e. The van der Waals surface area contributed by atoms with Gasteiger partial charge >= 0.3 is 0 Å². The molecule has 0 aliphatic heterocycles. The van der Waals surface area contributed by atoms with E-state index in [0.29, 0.717) is 6.04 Å². The first-order valence-electron chi connectivity index (χ1n) is 6.31. The number of nitrogens with one attached hydrogen (secondary N) is 1. The van der Waals surface area contributed by atoms with Crippen molar-refractivity contribution in [3.8, 4) is 0 Å². The summed E-state index contributed by atoms with van der Waals surface area (Å²) >= 11 is 0. The number of imidazole rings is 1. The summed E-state index contributed by atoms with van der Waals surface area (Å²) < 4.78 is 2.32. The summed E-state index contributed by atoms with van der Waals surface area (Å²) in [6.45, 7) is 5.36. The third kappa shape index (κ3) is 2.67. The Kier molecular flexibility index (Phi) is 3.79. The van der Waals surface area contributed by atoms with Gasteiger partial charge in [-0.15, -0.1) is 0 Å². The Morgan fingerprint density at radius 2 is 2.12 bits per heavy atom. The van der Waals surface area contributed by atoms with Gasteiger partial charge in [0.05, 0.1) is 11.0 Å². The summed E-state index contributed by atoms with van der Waals surface area (Å²) in [6, 6.07) is 8.94. The van der Waals surface area contributed by atoms with E-state index < -0.39 is 0 Å². The second-order valence-electron chi connectivity index (χ2n) is 4.63. The number of hydrogen-bond acceptors (Lipinski definition) is 2. The van der Waals surface area contributed by atoms with Crippen LogP contribution >= 0.6 is 0 Å². The molecule has 0 aliphatic rings. The molecule has 1 unspecified atom stereocenters. The van der Waals surface area contributed by atoms with Crippen LogP contribution in [0, 0.1) is 6.92 Å². The van der Waals surface area contributed by atoms with Crippen molar-refractivity contribution in [2.45, 2.75) is 39.3 Å². The Morgan fingerprint density at radius 3 is 2.88 bits per heavy atom. The molecule has 0 spiro atoms. The highest BCUT2D eigenvalue weighted by Crippen LogP contribution is 2.16. The number of hydrogen-bond donors (Lipinski definition) is 1. The van der Waals surface area contributed by atoms with Crippen LogP contribution < -0.4 is 5.32 Å². The molecule has 1 atom stereocenters. The van der Waals surface area contributed by atoms with Gasteiger partial charge in [-0.05, 0) is 45.9 Å². The largest absolute Gasteiger partial charge is 0.328 e. The fourth-order valence-electron chi connectivity index (χ4n) is 2.18. The number of rotatable bonds is 5. The molecular weight excluding hydrogens is 210 g/mol. The average Bonchev–Trinajstić information content (AvgIpc) is 2.66. The lowest BCUT2D eigenvalue weighted by Gasteiger charge is -2.11. The third-order valence-corrected chi connectivity index (χ3v) is 3.36. The molecule has 92 valence electrons. The van der Waals surface area contributed by atoms with Crippen molar-refractivity contribution in [2.24, 2.45) is 0 Å². The second kappa shape index (κ2) is 5.32. The molecule has 17 heavy (non-hydrogen) atoms. The number of para-hydroxylation sites is 2. The molecule has 3 nitrogen and oxygen atoms in total. The van der Waals surface area contributed by atoms with E-state index in [1.807, 2.05) is 13.1 Å². The van der Waals surface area contributed by atoms with Crippen LogP contribution in [0.4, 0.5) is 0 Å². The van der Waals surface area contributed by atoms with E-state index in [1.165, 1.54) is 18.4 Å². The molecule has 0 saturated carbocycles. The van der Waals surface area contributed by atoms with Crippen molar-refractivity contribution in [1.29, 1.82) is 0 Å². The molecule has 0 amide bonds. The third-order valence-electron chi connectivity index (χ3n) is 3.36. The van der Waals surface area contributed by atoms with Crippen molar-refractivity contribution < 1.29 is 0 Å². The first kappa shape index (κ1) is 12.1. The van der Waals surface area contributed by atoms with E-state index in [1.54, 1.807) is 0 Å². The highest BCUT2D eigenvalue weighted by Gasteiger charge is 2.06. The molecule has 1 aromatic heterocycles. The van der Waals surface area contributed by atoms with E-state index in [4.69, 9.17) is 0 Å². The minimum atomic E-state index is 0.588. The lowest BCUT2D eigenvalue weighted by atomic mass is 10.2. The maximum atomic E-state index is 4.58. The lowest BCUT2D eigenvalue weighted by Crippen LogP contribution is -2.21. The lowest BCUT2D eigenvalue weighted by molar-refractivity contribution is 0.507. The molecular formula is C14H21N3. The van der Waals surface area contributed by atoms with E-state index in [2.05, 4.69) is 46.9 Å². The van der Waals surface area contributed by atoms with Crippen LogP contribution in [0.25, 0.3) is 11.0 Å². The Bertz CT molecular complexity index is 487. The quantitative estimate of drug-likeness (QED) is 0.857. The minimum Gasteiger partial charge on any atom is -0.328 e. The molecule has 2 aromatic rings. The van der Waals surface area contributed by atoms with Crippen molar-refractivity contribution in [2.75, 3.05) is 7.05 Å². The van der Waals surface area contributed by atoms with E-state index in [0.717, 1.165) is 17.9 Å². The summed E-state index contributed by atoms with van der Waals surface area (Å²) in [4.78, 5) is 4.58. The van der Waals surface area contributed by atoms with E-state index in [-0.39, 0.29) is 0 Å². The van der Waals surface area contributed by atoms with Crippen molar-refractivity contribution >= 4 is 11.0 Å². The molecule has 0 bridgehead atoms. The van der Waals surface area contributed by atoms with Gasteiger partial charge in [-0.3, -0.25) is 0 Å². The normalized spacial score (nSPS) is 13.1. The zero-order valence-electron chi connectivity index (χ0n) is 10.9. The molecule has 0 aliphatic carbocycles. The van der Waals surface area contributed by atoms with Crippen molar-refractivity contribution in [1.82, 2.24) is 14.9 Å². The predicted molar refractivity (Wildman–Crippen MR) is 72.2 cm³/mol. The average molecular weight is 231 g/mol. The second-order valence-corrected chi connectivity index (χ2v) is 4.63. The summed E-state index contributed by atoms with van der Waals surface area (Å²) in [5.74, 6) is 1.11. The molecule has 1 aromatic carbocycles. The standard InChI is InChI=1S/C14H21N3/c1-11(15-3)7-6-10-17-12(2)16-13-8-4-5-9-14(13)17/h4-5,8-9,11,15H,6-7,10H2,1-3H3. The Hall–Kier alpha value is -1.35. The number of aromatic nitrogens is 2. The smallest absolute Gasteiger partial charge is 0.106 e. The zero-order chi connectivity index (χ0) is 12.3. The van der Waals surface area contributed by atoms with Gasteiger partial charge in [0.15, 0.2) is 0 Å². The van der Waals surface area contributed by atoms with E-state index >= 15 is 0 Å². The highest BCUT2D eigenvalue weighted by atomic mass is 15.1. The van der Waals surface area contributed by atoms with Gasteiger partial charge in [0.2, 0.25) is 0 Å². The topological polar surface area (TPSA) is 29.9 Å². The van der Waals surface area contributed by atoms with Crippen LogP contribution in [-0.4, -0.2) is 22.6 Å². The number of aryl methyl sites for hydroxylation is 2. The Balaban J connectivity index is 2.10. The maximum absolute atomic E-state index is 4.58. The molecule has 0 radical (unpaired) electrons. The molecule has 1 heterocycles. The predicted octanol–water partition coefficient (Wildman–Crippen LogP) is 2.73. The monoisotopic (exact) mass is 231 g/mol. The van der Waals surface area contributed by atoms with Crippen LogP contribution in [-0.2, 0) is 6.54 Å². The van der Waals surface area contributed by atoms with Gasteiger partial charge in [-0.1, -0.05) is 12.1 Å². The first-order chi connectivity index (χ1) is 8.22. The van der Waals surface area contributed by atoms with Crippen LogP contribution in [0.2, 0.25) is 0 Å². The molecule has 1 N–H and O–H groups in total. The van der Waals surface area contributed by atoms with Crippen LogP contribution in [0.1, 0.15) is 25.6 Å². The molecule has 3 heteroatoms. The SMILES string of the molecule is CNC(C)CCCn1c(C)nc2ccccc21. The van der Waals surface area contributed by atoms with Gasteiger partial charge in [-0.25, -0.2) is 4.98 Å². The first-order valence-corrected chi connectivity index (χ1v) is 6.31. The fourth-order valence-corrected chi connectivity index (χ4v) is 2.18. The van der Waals surface area contributed by atoms with Crippen LogP contribution in [0.5, 0.6) is 0 Å². The van der Waals surface area contributed by atoms with Gasteiger partial charge in [-0.2, -0.15) is 0 Å². The number of fused-ring (bicyclic) bond motifs is 1. The molecule has 2 rings (SSSR count). The van der Waals surface area contributed by atoms with Crippen molar-refractivity contribution in [3.05, 3.63) is 30.1 Å². The zero-order valence-corrected chi connectivity index (χ0v) is 10.9. The van der Waals surface area contributed by atoms with E-state index in [9.17, 15) is 0 Å². The van der Waals surface area contributed by atoms with Crippen LogP contribution in [0.3, 0.4) is 0 Å². The number of nitrogens with zero attached hydrogens (tertiary/aromatic N) is 2. The van der Waals surface area contributed by atoms with Gasteiger partial charge in [0.25, 0.3) is 0 Å². The Labute approximate surface area is 103 Å². The molecule has 0 saturated heterocycles. The van der Waals surface area contributed by atoms with Crippen molar-refractivity contribution in [3.63, 3.8) is 0 Å². The summed E-state index contributed by atoms with van der Waals surface area (Å²) in [5.41, 5.74) is 2.36. The molecule has 0 fully saturated rings. The summed E-state index contributed by atoms with van der Waals surface area (Å²) in [5, 5.41) is 3.27. The van der Waals surface area contributed by atoms with Gasteiger partial charge in [0, 0.05) is 12.6 Å². The summed E-state index contributed by atoms with van der Waals surface area (Å²) in [7, 11) is 2.02. The minimum absolute atomic E-state index is 0.588.